The summed E-state index contributed by atoms with van der Waals surface area (Å²) in [4.78, 5) is 8.07. The van der Waals surface area contributed by atoms with Gasteiger partial charge in [0.25, 0.3) is 0 Å². The second-order valence-electron chi connectivity index (χ2n) is 5.91. The van der Waals surface area contributed by atoms with Crippen molar-refractivity contribution in [2.45, 2.75) is 25.9 Å². The first kappa shape index (κ1) is 17.1. The molecule has 4 nitrogen and oxygen atoms in total. The molecule has 0 spiro atoms. The van der Waals surface area contributed by atoms with E-state index in [-0.39, 0.29) is 0 Å². The molecule has 0 saturated carbocycles. The van der Waals surface area contributed by atoms with Gasteiger partial charge in [0.1, 0.15) is 5.75 Å². The van der Waals surface area contributed by atoms with Gasteiger partial charge in [0.05, 0.1) is 6.61 Å². The molecular weight excluding hydrogens is 310 g/mol. The van der Waals surface area contributed by atoms with Gasteiger partial charge in [-0.2, -0.15) is 0 Å². The lowest BCUT2D eigenvalue weighted by Gasteiger charge is -2.09. The Bertz CT molecular complexity index is 747. The summed E-state index contributed by atoms with van der Waals surface area (Å²) < 4.78 is 5.88. The highest BCUT2D eigenvalue weighted by Crippen LogP contribution is 2.14. The van der Waals surface area contributed by atoms with Crippen LogP contribution in [0.1, 0.15) is 23.1 Å². The van der Waals surface area contributed by atoms with Gasteiger partial charge in [-0.1, -0.05) is 12.1 Å². The lowest BCUT2D eigenvalue weighted by molar-refractivity contribution is 0.310. The maximum Gasteiger partial charge on any atom is 0.119 e. The van der Waals surface area contributed by atoms with Crippen molar-refractivity contribution in [2.24, 2.45) is 0 Å². The molecule has 128 valence electrons. The van der Waals surface area contributed by atoms with Gasteiger partial charge in [0, 0.05) is 37.9 Å². The smallest absolute Gasteiger partial charge is 0.119 e. The number of pyridine rings is 2. The maximum atomic E-state index is 5.88. The van der Waals surface area contributed by atoms with Crippen LogP contribution in [0.3, 0.4) is 0 Å². The Morgan fingerprint density at radius 2 is 1.44 bits per heavy atom. The van der Waals surface area contributed by atoms with Crippen molar-refractivity contribution in [3.63, 3.8) is 0 Å². The molecule has 4 heteroatoms. The molecule has 0 amide bonds. The van der Waals surface area contributed by atoms with E-state index < -0.39 is 0 Å². The fraction of sp³-hybridized carbons (Fsp3) is 0.238. The first-order valence-electron chi connectivity index (χ1n) is 8.60. The van der Waals surface area contributed by atoms with Gasteiger partial charge in [0.15, 0.2) is 0 Å². The van der Waals surface area contributed by atoms with Crippen LogP contribution in [0.2, 0.25) is 0 Å². The van der Waals surface area contributed by atoms with E-state index in [1.807, 2.05) is 49.1 Å². The summed E-state index contributed by atoms with van der Waals surface area (Å²) in [6.07, 6.45) is 9.30. The highest BCUT2D eigenvalue weighted by Gasteiger charge is 1.99. The Balaban J connectivity index is 1.40. The number of hydrogen-bond acceptors (Lipinski definition) is 4. The molecule has 2 heterocycles. The van der Waals surface area contributed by atoms with E-state index in [1.165, 1.54) is 16.7 Å². The first-order valence-corrected chi connectivity index (χ1v) is 8.60. The molecule has 0 aliphatic heterocycles. The second-order valence-corrected chi connectivity index (χ2v) is 5.91. The Kier molecular flexibility index (Phi) is 6.53. The molecule has 0 aliphatic rings. The van der Waals surface area contributed by atoms with Gasteiger partial charge in [-0.3, -0.25) is 9.97 Å². The van der Waals surface area contributed by atoms with Gasteiger partial charge in [-0.15, -0.1) is 0 Å². The average Bonchev–Trinajstić information content (AvgIpc) is 2.67. The van der Waals surface area contributed by atoms with E-state index in [4.69, 9.17) is 4.74 Å². The predicted molar refractivity (Wildman–Crippen MR) is 99.3 cm³/mol. The molecular formula is C21H23N3O. The summed E-state index contributed by atoms with van der Waals surface area (Å²) >= 11 is 0. The normalized spacial score (nSPS) is 10.6. The molecule has 3 rings (SSSR count). The largest absolute Gasteiger partial charge is 0.494 e. The van der Waals surface area contributed by atoms with E-state index >= 15 is 0 Å². The van der Waals surface area contributed by atoms with Crippen molar-refractivity contribution in [1.29, 1.82) is 0 Å². The van der Waals surface area contributed by atoms with Gasteiger partial charge in [-0.25, -0.2) is 0 Å². The topological polar surface area (TPSA) is 47.0 Å². The summed E-state index contributed by atoms with van der Waals surface area (Å²) in [5.41, 5.74) is 3.76. The number of rotatable bonds is 9. The molecule has 0 radical (unpaired) electrons. The molecule has 0 fully saturated rings. The molecule has 1 aromatic carbocycles. The van der Waals surface area contributed by atoms with Crippen LogP contribution in [0, 0.1) is 0 Å². The third kappa shape index (κ3) is 6.01. The van der Waals surface area contributed by atoms with Crippen molar-refractivity contribution in [1.82, 2.24) is 15.3 Å². The SMILES string of the molecule is c1cc(CNCc2ccncc2)cc(OCCCc2ccncc2)c1. The third-order valence-electron chi connectivity index (χ3n) is 3.93. The molecule has 25 heavy (non-hydrogen) atoms. The highest BCUT2D eigenvalue weighted by atomic mass is 16.5. The molecule has 0 saturated heterocycles. The van der Waals surface area contributed by atoms with Crippen LogP contribution >= 0.6 is 0 Å². The standard InChI is InChI=1S/C21H23N3O/c1-3-20(17-24-16-19-8-12-23-13-9-19)15-21(5-1)25-14-2-4-18-6-10-22-11-7-18/h1,3,5-13,15,24H,2,4,14,16-17H2. The van der Waals surface area contributed by atoms with Crippen molar-refractivity contribution in [2.75, 3.05) is 6.61 Å². The quantitative estimate of drug-likeness (QED) is 0.605. The molecule has 0 atom stereocenters. The lowest BCUT2D eigenvalue weighted by Crippen LogP contribution is -2.12. The number of nitrogens with zero attached hydrogens (tertiary/aromatic N) is 2. The molecule has 0 aliphatic carbocycles. The Labute approximate surface area is 148 Å². The summed E-state index contributed by atoms with van der Waals surface area (Å²) in [6, 6.07) is 16.4. The third-order valence-corrected chi connectivity index (χ3v) is 3.93. The number of aryl methyl sites for hydroxylation is 1. The van der Waals surface area contributed by atoms with Gasteiger partial charge in [0.2, 0.25) is 0 Å². The van der Waals surface area contributed by atoms with Crippen molar-refractivity contribution in [3.8, 4) is 5.75 Å². The first-order chi connectivity index (χ1) is 12.4. The Hall–Kier alpha value is -2.72. The van der Waals surface area contributed by atoms with Crippen LogP contribution in [0.25, 0.3) is 0 Å². The van der Waals surface area contributed by atoms with E-state index in [0.717, 1.165) is 38.3 Å². The van der Waals surface area contributed by atoms with E-state index in [1.54, 1.807) is 0 Å². The number of nitrogens with one attached hydrogen (secondary N) is 1. The highest BCUT2D eigenvalue weighted by molar-refractivity contribution is 5.28. The van der Waals surface area contributed by atoms with E-state index in [2.05, 4.69) is 39.6 Å². The lowest BCUT2D eigenvalue weighted by atomic mass is 10.1. The van der Waals surface area contributed by atoms with Crippen LogP contribution in [0.5, 0.6) is 5.75 Å². The van der Waals surface area contributed by atoms with E-state index in [0.29, 0.717) is 0 Å². The predicted octanol–water partition coefficient (Wildman–Crippen LogP) is 3.78. The van der Waals surface area contributed by atoms with Gasteiger partial charge in [-0.05, 0) is 65.9 Å². The van der Waals surface area contributed by atoms with Crippen LogP contribution in [-0.2, 0) is 19.5 Å². The summed E-state index contributed by atoms with van der Waals surface area (Å²) in [6.45, 7) is 2.37. The molecule has 1 N–H and O–H groups in total. The van der Waals surface area contributed by atoms with Gasteiger partial charge < -0.3 is 10.1 Å². The number of benzene rings is 1. The molecule has 2 aromatic heterocycles. The Morgan fingerprint density at radius 1 is 0.760 bits per heavy atom. The Morgan fingerprint density at radius 3 is 2.20 bits per heavy atom. The molecule has 0 unspecified atom stereocenters. The average molecular weight is 333 g/mol. The van der Waals surface area contributed by atoms with Crippen molar-refractivity contribution in [3.05, 3.63) is 90.0 Å². The van der Waals surface area contributed by atoms with Crippen LogP contribution in [-0.4, -0.2) is 16.6 Å². The fourth-order valence-electron chi connectivity index (χ4n) is 2.61. The number of hydrogen-bond donors (Lipinski definition) is 1. The van der Waals surface area contributed by atoms with Crippen molar-refractivity contribution >= 4 is 0 Å². The van der Waals surface area contributed by atoms with Crippen molar-refractivity contribution < 1.29 is 4.74 Å². The molecule has 3 aromatic rings. The zero-order chi connectivity index (χ0) is 17.2. The maximum absolute atomic E-state index is 5.88. The molecule has 0 bridgehead atoms. The van der Waals surface area contributed by atoms with E-state index in [9.17, 15) is 0 Å². The summed E-state index contributed by atoms with van der Waals surface area (Å²) in [5.74, 6) is 0.929. The number of ether oxygens (including phenoxy) is 1. The minimum Gasteiger partial charge on any atom is -0.494 e. The summed E-state index contributed by atoms with van der Waals surface area (Å²) in [7, 11) is 0. The zero-order valence-corrected chi connectivity index (χ0v) is 14.3. The monoisotopic (exact) mass is 333 g/mol. The van der Waals surface area contributed by atoms with Gasteiger partial charge >= 0.3 is 0 Å². The van der Waals surface area contributed by atoms with Crippen LogP contribution in [0.15, 0.2) is 73.3 Å². The minimum atomic E-state index is 0.718. The van der Waals surface area contributed by atoms with Crippen LogP contribution < -0.4 is 10.1 Å². The minimum absolute atomic E-state index is 0.718. The fourth-order valence-corrected chi connectivity index (χ4v) is 2.61. The number of aromatic nitrogens is 2. The second kappa shape index (κ2) is 9.55. The summed E-state index contributed by atoms with van der Waals surface area (Å²) in [5, 5.41) is 3.44. The zero-order valence-electron chi connectivity index (χ0n) is 14.3. The van der Waals surface area contributed by atoms with Crippen LogP contribution in [0.4, 0.5) is 0 Å².